The fraction of sp³-hybridized carbons (Fsp3) is 0.316. The van der Waals surface area contributed by atoms with Crippen molar-refractivity contribution in [3.05, 3.63) is 65.2 Å². The minimum absolute atomic E-state index is 0.0439. The Morgan fingerprint density at radius 2 is 1.85 bits per heavy atom. The molecule has 7 heteroatoms. The van der Waals surface area contributed by atoms with Crippen molar-refractivity contribution in [2.75, 3.05) is 19.7 Å². The molecule has 2 N–H and O–H groups in total. The highest BCUT2D eigenvalue weighted by molar-refractivity contribution is 7.89. The molecule has 0 aliphatic carbocycles. The lowest BCUT2D eigenvalue weighted by Gasteiger charge is -2.21. The number of rotatable bonds is 8. The molecule has 0 aliphatic rings. The molecular formula is C19H24N2O4S. The second-order valence-electron chi connectivity index (χ2n) is 5.90. The number of hydrogen-bond acceptors (Lipinski definition) is 4. The van der Waals surface area contributed by atoms with E-state index in [1.807, 2.05) is 37.3 Å². The van der Waals surface area contributed by atoms with Gasteiger partial charge in [-0.1, -0.05) is 36.4 Å². The van der Waals surface area contributed by atoms with Crippen molar-refractivity contribution in [1.82, 2.24) is 9.62 Å². The van der Waals surface area contributed by atoms with Gasteiger partial charge in [0.15, 0.2) is 0 Å². The molecule has 1 amide bonds. The number of aliphatic hydroxyl groups is 1. The molecule has 0 atom stereocenters. The zero-order valence-corrected chi connectivity index (χ0v) is 15.8. The Balaban J connectivity index is 2.25. The quantitative estimate of drug-likeness (QED) is 0.737. The van der Waals surface area contributed by atoms with E-state index in [0.717, 1.165) is 5.56 Å². The van der Waals surface area contributed by atoms with Gasteiger partial charge in [-0.25, -0.2) is 13.1 Å². The summed E-state index contributed by atoms with van der Waals surface area (Å²) in [7, 11) is -3.75. The van der Waals surface area contributed by atoms with Crippen LogP contribution in [0, 0.1) is 6.92 Å². The lowest BCUT2D eigenvalue weighted by molar-refractivity contribution is 0.0731. The second kappa shape index (κ2) is 8.93. The van der Waals surface area contributed by atoms with E-state index in [2.05, 4.69) is 4.72 Å². The summed E-state index contributed by atoms with van der Waals surface area (Å²) >= 11 is 0. The van der Waals surface area contributed by atoms with Gasteiger partial charge in [0.25, 0.3) is 5.91 Å². The van der Waals surface area contributed by atoms with Crippen LogP contribution in [0.4, 0.5) is 0 Å². The van der Waals surface area contributed by atoms with Gasteiger partial charge in [-0.2, -0.15) is 0 Å². The summed E-state index contributed by atoms with van der Waals surface area (Å²) in [5.41, 5.74) is 1.86. The van der Waals surface area contributed by atoms with Crippen molar-refractivity contribution < 1.29 is 18.3 Å². The van der Waals surface area contributed by atoms with E-state index in [1.54, 1.807) is 13.0 Å². The van der Waals surface area contributed by atoms with Crippen LogP contribution in [-0.4, -0.2) is 44.0 Å². The van der Waals surface area contributed by atoms with Crippen LogP contribution in [0.5, 0.6) is 0 Å². The number of likely N-dealkylation sites (N-methyl/N-ethyl adjacent to an activating group) is 1. The van der Waals surface area contributed by atoms with Gasteiger partial charge in [0.1, 0.15) is 0 Å². The number of carbonyl (C=O) groups is 1. The molecular weight excluding hydrogens is 352 g/mol. The Bertz CT molecular complexity index is 851. The monoisotopic (exact) mass is 376 g/mol. The minimum Gasteiger partial charge on any atom is -0.395 e. The van der Waals surface area contributed by atoms with Gasteiger partial charge in [-0.15, -0.1) is 0 Å². The van der Waals surface area contributed by atoms with Crippen LogP contribution >= 0.6 is 0 Å². The molecule has 140 valence electrons. The fourth-order valence-corrected chi connectivity index (χ4v) is 3.59. The predicted octanol–water partition coefficient (Wildman–Crippen LogP) is 1.93. The van der Waals surface area contributed by atoms with Crippen molar-refractivity contribution in [1.29, 1.82) is 0 Å². The maximum atomic E-state index is 12.6. The zero-order chi connectivity index (χ0) is 19.2. The number of nitrogens with zero attached hydrogens (tertiary/aromatic N) is 1. The third kappa shape index (κ3) is 4.91. The average molecular weight is 376 g/mol. The summed E-state index contributed by atoms with van der Waals surface area (Å²) in [4.78, 5) is 14.2. The van der Waals surface area contributed by atoms with Crippen molar-refractivity contribution in [2.45, 2.75) is 25.3 Å². The van der Waals surface area contributed by atoms with Gasteiger partial charge < -0.3 is 10.0 Å². The number of nitrogens with one attached hydrogen (secondary N) is 1. The number of benzene rings is 2. The maximum absolute atomic E-state index is 12.6. The first-order valence-corrected chi connectivity index (χ1v) is 9.91. The molecule has 0 bridgehead atoms. The summed E-state index contributed by atoms with van der Waals surface area (Å²) in [5, 5.41) is 9.10. The Morgan fingerprint density at radius 1 is 1.15 bits per heavy atom. The normalized spacial score (nSPS) is 11.3. The summed E-state index contributed by atoms with van der Waals surface area (Å²) < 4.78 is 27.7. The molecule has 0 radical (unpaired) electrons. The molecule has 2 aromatic rings. The van der Waals surface area contributed by atoms with Crippen molar-refractivity contribution in [3.63, 3.8) is 0 Å². The van der Waals surface area contributed by atoms with Gasteiger partial charge in [-0.05, 0) is 37.1 Å². The molecule has 0 saturated heterocycles. The molecule has 26 heavy (non-hydrogen) atoms. The minimum atomic E-state index is -3.75. The summed E-state index contributed by atoms with van der Waals surface area (Å²) in [6, 6.07) is 13.7. The third-order valence-corrected chi connectivity index (χ3v) is 5.50. The van der Waals surface area contributed by atoms with E-state index < -0.39 is 10.0 Å². The summed E-state index contributed by atoms with van der Waals surface area (Å²) in [6.07, 6.45) is 0. The molecule has 0 fully saturated rings. The fourth-order valence-electron chi connectivity index (χ4n) is 2.55. The van der Waals surface area contributed by atoms with Crippen LogP contribution in [-0.2, 0) is 16.6 Å². The zero-order valence-electron chi connectivity index (χ0n) is 15.0. The first kappa shape index (κ1) is 20.1. The van der Waals surface area contributed by atoms with Gasteiger partial charge in [0.2, 0.25) is 10.0 Å². The molecule has 0 spiro atoms. The molecule has 0 heterocycles. The van der Waals surface area contributed by atoms with Gasteiger partial charge in [0.05, 0.1) is 11.5 Å². The Labute approximate surface area is 154 Å². The van der Waals surface area contributed by atoms with Gasteiger partial charge in [-0.3, -0.25) is 4.79 Å². The maximum Gasteiger partial charge on any atom is 0.254 e. The van der Waals surface area contributed by atoms with E-state index in [-0.39, 0.29) is 30.5 Å². The highest BCUT2D eigenvalue weighted by Crippen LogP contribution is 2.18. The largest absolute Gasteiger partial charge is 0.395 e. The predicted molar refractivity (Wildman–Crippen MR) is 100 cm³/mol. The average Bonchev–Trinajstić information content (AvgIpc) is 2.65. The first-order valence-electron chi connectivity index (χ1n) is 8.43. The van der Waals surface area contributed by atoms with Crippen LogP contribution in [0.1, 0.15) is 28.4 Å². The van der Waals surface area contributed by atoms with Crippen molar-refractivity contribution in [3.8, 4) is 0 Å². The Hall–Kier alpha value is -2.22. The number of carbonyl (C=O) groups excluding carboxylic acids is 1. The number of aliphatic hydroxyl groups excluding tert-OH is 1. The lowest BCUT2D eigenvalue weighted by Crippen LogP contribution is -2.34. The van der Waals surface area contributed by atoms with E-state index in [4.69, 9.17) is 5.11 Å². The highest BCUT2D eigenvalue weighted by atomic mass is 32.2. The Morgan fingerprint density at radius 3 is 2.46 bits per heavy atom. The van der Waals surface area contributed by atoms with E-state index in [1.165, 1.54) is 17.0 Å². The molecule has 0 aliphatic heterocycles. The topological polar surface area (TPSA) is 86.7 Å². The Kier molecular flexibility index (Phi) is 6.90. The molecule has 6 nitrogen and oxygen atoms in total. The number of sulfonamides is 1. The molecule has 2 aromatic carbocycles. The van der Waals surface area contributed by atoms with Crippen LogP contribution in [0.2, 0.25) is 0 Å². The van der Waals surface area contributed by atoms with Crippen molar-refractivity contribution in [2.24, 2.45) is 0 Å². The lowest BCUT2D eigenvalue weighted by atomic mass is 10.1. The smallest absolute Gasteiger partial charge is 0.254 e. The second-order valence-corrected chi connectivity index (χ2v) is 7.66. The molecule has 0 saturated carbocycles. The van der Waals surface area contributed by atoms with Crippen LogP contribution in [0.15, 0.2) is 53.4 Å². The first-order chi connectivity index (χ1) is 12.4. The third-order valence-electron chi connectivity index (χ3n) is 4.10. The van der Waals surface area contributed by atoms with Gasteiger partial charge in [0, 0.05) is 25.2 Å². The molecule has 2 rings (SSSR count). The van der Waals surface area contributed by atoms with Gasteiger partial charge >= 0.3 is 0 Å². The standard InChI is InChI=1S/C19H24N2O4S/c1-3-21(11-12-22)19(23)18-13-17(10-9-15(18)2)26(24,25)20-14-16-7-5-4-6-8-16/h4-10,13,20,22H,3,11-12,14H2,1-2H3. The SMILES string of the molecule is CCN(CCO)C(=O)c1cc(S(=O)(=O)NCc2ccccc2)ccc1C. The van der Waals surface area contributed by atoms with Crippen molar-refractivity contribution >= 4 is 15.9 Å². The van der Waals surface area contributed by atoms with Crippen LogP contribution in [0.3, 0.4) is 0 Å². The molecule has 0 aromatic heterocycles. The number of amides is 1. The summed E-state index contributed by atoms with van der Waals surface area (Å²) in [5.74, 6) is -0.292. The van der Waals surface area contributed by atoms with E-state index in [0.29, 0.717) is 17.7 Å². The van der Waals surface area contributed by atoms with E-state index >= 15 is 0 Å². The van der Waals surface area contributed by atoms with Crippen LogP contribution < -0.4 is 4.72 Å². The number of hydrogen-bond donors (Lipinski definition) is 2. The summed E-state index contributed by atoms with van der Waals surface area (Å²) in [6.45, 7) is 4.24. The molecule has 0 unspecified atom stereocenters. The number of aryl methyl sites for hydroxylation is 1. The van der Waals surface area contributed by atoms with Crippen LogP contribution in [0.25, 0.3) is 0 Å². The van der Waals surface area contributed by atoms with E-state index in [9.17, 15) is 13.2 Å². The highest BCUT2D eigenvalue weighted by Gasteiger charge is 2.20.